The van der Waals surface area contributed by atoms with Crippen LogP contribution in [0.5, 0.6) is 0 Å². The minimum absolute atomic E-state index is 0.0370. The van der Waals surface area contributed by atoms with Gasteiger partial charge in [-0.3, -0.25) is 25.9 Å². The van der Waals surface area contributed by atoms with Crippen LogP contribution in [-0.2, 0) is 9.59 Å². The molecule has 0 rings (SSSR count). The van der Waals surface area contributed by atoms with Crippen molar-refractivity contribution in [3.8, 4) is 0 Å². The molecule has 0 aromatic carbocycles. The monoisotopic (exact) mass is 240 g/mol. The zero-order valence-electron chi connectivity index (χ0n) is 10.2. The van der Waals surface area contributed by atoms with Crippen LogP contribution < -0.4 is 11.3 Å². The molecule has 0 aliphatic rings. The van der Waals surface area contributed by atoms with Gasteiger partial charge in [-0.15, -0.1) is 0 Å². The SMILES string of the molecule is CC(=O)Cl.CC(=O)NN(C)C.CN(C)N. The van der Waals surface area contributed by atoms with E-state index in [2.05, 4.69) is 17.0 Å². The van der Waals surface area contributed by atoms with Crippen LogP contribution in [0.3, 0.4) is 0 Å². The van der Waals surface area contributed by atoms with Gasteiger partial charge in [-0.2, -0.15) is 0 Å². The Kier molecular flexibility index (Phi) is 17.6. The molecule has 0 atom stereocenters. The minimum atomic E-state index is -0.361. The second-order valence-corrected chi connectivity index (χ2v) is 3.53. The second-order valence-electron chi connectivity index (χ2n) is 3.00. The number of hydrogen-bond donors (Lipinski definition) is 2. The van der Waals surface area contributed by atoms with Crippen LogP contribution in [0, 0.1) is 0 Å². The van der Waals surface area contributed by atoms with Crippen molar-refractivity contribution in [1.29, 1.82) is 0 Å². The van der Waals surface area contributed by atoms with Crippen molar-refractivity contribution in [3.05, 3.63) is 0 Å². The first kappa shape index (κ1) is 19.8. The van der Waals surface area contributed by atoms with Crippen molar-refractivity contribution in [2.45, 2.75) is 13.8 Å². The molecule has 0 saturated heterocycles. The summed E-state index contributed by atoms with van der Waals surface area (Å²) in [6.45, 7) is 2.77. The molecule has 0 aromatic rings. The van der Waals surface area contributed by atoms with Gasteiger partial charge in [-0.05, 0) is 11.6 Å². The summed E-state index contributed by atoms with van der Waals surface area (Å²) in [5.74, 6) is 4.91. The van der Waals surface area contributed by atoms with Crippen LogP contribution in [0.1, 0.15) is 13.8 Å². The molecule has 0 radical (unpaired) electrons. The number of rotatable bonds is 1. The van der Waals surface area contributed by atoms with Crippen LogP contribution in [0.25, 0.3) is 0 Å². The van der Waals surface area contributed by atoms with Crippen LogP contribution in [0.2, 0.25) is 0 Å². The lowest BCUT2D eigenvalue weighted by Crippen LogP contribution is -2.34. The lowest BCUT2D eigenvalue weighted by molar-refractivity contribution is -0.122. The van der Waals surface area contributed by atoms with E-state index in [4.69, 9.17) is 5.84 Å². The number of amides is 1. The Morgan fingerprint density at radius 2 is 1.33 bits per heavy atom. The molecule has 92 valence electrons. The number of nitrogens with two attached hydrogens (primary N) is 1. The van der Waals surface area contributed by atoms with Gasteiger partial charge < -0.3 is 0 Å². The lowest BCUT2D eigenvalue weighted by Gasteiger charge is -2.07. The summed E-state index contributed by atoms with van der Waals surface area (Å²) in [6, 6.07) is 0. The highest BCUT2D eigenvalue weighted by atomic mass is 35.5. The zero-order chi connectivity index (χ0) is 13.0. The molecule has 0 bridgehead atoms. The van der Waals surface area contributed by atoms with Gasteiger partial charge in [0.25, 0.3) is 0 Å². The minimum Gasteiger partial charge on any atom is -0.290 e. The lowest BCUT2D eigenvalue weighted by atomic mass is 10.7. The Labute approximate surface area is 96.3 Å². The third-order valence-electron chi connectivity index (χ3n) is 0.381. The average Bonchev–Trinajstić information content (AvgIpc) is 1.78. The summed E-state index contributed by atoms with van der Waals surface area (Å²) < 4.78 is 0. The molecule has 0 saturated carbocycles. The number of nitrogens with one attached hydrogen (secondary N) is 1. The van der Waals surface area contributed by atoms with Crippen molar-refractivity contribution in [2.24, 2.45) is 5.84 Å². The van der Waals surface area contributed by atoms with Crippen molar-refractivity contribution < 1.29 is 9.59 Å². The predicted molar refractivity (Wildman–Crippen MR) is 61.9 cm³/mol. The fourth-order valence-corrected chi connectivity index (χ4v) is 0.315. The maximum atomic E-state index is 10.1. The third kappa shape index (κ3) is 155. The summed E-state index contributed by atoms with van der Waals surface area (Å²) in [5, 5.41) is 2.74. The highest BCUT2D eigenvalue weighted by Gasteiger charge is 1.87. The van der Waals surface area contributed by atoms with E-state index in [1.165, 1.54) is 18.9 Å². The fourth-order valence-electron chi connectivity index (χ4n) is 0.315. The van der Waals surface area contributed by atoms with Crippen molar-refractivity contribution in [3.63, 3.8) is 0 Å². The van der Waals surface area contributed by atoms with E-state index in [1.807, 2.05) is 0 Å². The summed E-state index contributed by atoms with van der Waals surface area (Å²) in [7, 11) is 7.09. The van der Waals surface area contributed by atoms with Gasteiger partial charge >= 0.3 is 0 Å². The number of carbonyl (C=O) groups is 2. The predicted octanol–water partition coefficient (Wildman–Crippen LogP) is -0.207. The van der Waals surface area contributed by atoms with E-state index >= 15 is 0 Å². The summed E-state index contributed by atoms with van der Waals surface area (Å²) in [5.41, 5.74) is 2.50. The molecule has 0 unspecified atom stereocenters. The van der Waals surface area contributed by atoms with Crippen molar-refractivity contribution in [2.75, 3.05) is 28.2 Å². The molecule has 0 spiro atoms. The largest absolute Gasteiger partial charge is 0.290 e. The standard InChI is InChI=1S/C4H10N2O.C2H3ClO.C2H8N2/c1-4(7)5-6(2)3;1-2(3)4;1-4(2)3/h1-3H3,(H,5,7);1H3;3H2,1-2H3. The van der Waals surface area contributed by atoms with Crippen LogP contribution >= 0.6 is 11.6 Å². The maximum Gasteiger partial charge on any atom is 0.231 e. The molecule has 0 aliphatic carbocycles. The van der Waals surface area contributed by atoms with E-state index in [0.29, 0.717) is 0 Å². The Hall–Kier alpha value is -0.690. The van der Waals surface area contributed by atoms with Gasteiger partial charge in [-0.25, -0.2) is 5.01 Å². The van der Waals surface area contributed by atoms with E-state index in [0.717, 1.165) is 0 Å². The summed E-state index contributed by atoms with van der Waals surface area (Å²) >= 11 is 4.64. The Balaban J connectivity index is -0.000000155. The smallest absolute Gasteiger partial charge is 0.231 e. The Morgan fingerprint density at radius 3 is 1.33 bits per heavy atom. The quantitative estimate of drug-likeness (QED) is 0.377. The first-order valence-electron chi connectivity index (χ1n) is 4.12. The summed E-state index contributed by atoms with van der Waals surface area (Å²) in [6.07, 6.45) is 0. The van der Waals surface area contributed by atoms with Gasteiger partial charge in [0.05, 0.1) is 0 Å². The Bertz CT molecular complexity index is 167. The van der Waals surface area contributed by atoms with Crippen LogP contribution in [-0.4, -0.2) is 49.4 Å². The molecule has 6 nitrogen and oxygen atoms in total. The number of hydrazine groups is 2. The topological polar surface area (TPSA) is 78.7 Å². The molecule has 0 fully saturated rings. The Morgan fingerprint density at radius 1 is 1.13 bits per heavy atom. The number of hydrogen-bond acceptors (Lipinski definition) is 5. The van der Waals surface area contributed by atoms with Crippen LogP contribution in [0.4, 0.5) is 0 Å². The van der Waals surface area contributed by atoms with Gasteiger partial charge in [0.2, 0.25) is 11.1 Å². The molecule has 0 aliphatic heterocycles. The third-order valence-corrected chi connectivity index (χ3v) is 0.381. The zero-order valence-corrected chi connectivity index (χ0v) is 10.9. The highest BCUT2D eigenvalue weighted by Crippen LogP contribution is 1.67. The van der Waals surface area contributed by atoms with E-state index < -0.39 is 0 Å². The van der Waals surface area contributed by atoms with Gasteiger partial charge in [0.1, 0.15) is 0 Å². The van der Waals surface area contributed by atoms with E-state index in [9.17, 15) is 9.59 Å². The molecule has 0 heterocycles. The molecular weight excluding hydrogens is 220 g/mol. The van der Waals surface area contributed by atoms with Gasteiger partial charge in [-0.1, -0.05) is 0 Å². The van der Waals surface area contributed by atoms with Gasteiger partial charge in [0.15, 0.2) is 0 Å². The number of nitrogens with zero attached hydrogens (tertiary/aromatic N) is 2. The number of halogens is 1. The summed E-state index contributed by atoms with van der Waals surface area (Å²) in [4.78, 5) is 19.3. The maximum absolute atomic E-state index is 10.1. The highest BCUT2D eigenvalue weighted by molar-refractivity contribution is 6.62. The molecule has 7 heteroatoms. The molecule has 15 heavy (non-hydrogen) atoms. The average molecular weight is 241 g/mol. The molecule has 1 amide bonds. The van der Waals surface area contributed by atoms with E-state index in [-0.39, 0.29) is 11.1 Å². The fraction of sp³-hybridized carbons (Fsp3) is 0.750. The van der Waals surface area contributed by atoms with Crippen molar-refractivity contribution in [1.82, 2.24) is 15.4 Å². The number of carbonyl (C=O) groups excluding carboxylic acids is 2. The molecule has 3 N–H and O–H groups in total. The van der Waals surface area contributed by atoms with E-state index in [1.54, 1.807) is 33.2 Å². The molecule has 0 aromatic heterocycles. The van der Waals surface area contributed by atoms with Crippen LogP contribution in [0.15, 0.2) is 0 Å². The first-order valence-corrected chi connectivity index (χ1v) is 4.50. The first-order chi connectivity index (χ1) is 6.59. The normalized spacial score (nSPS) is 8.40. The van der Waals surface area contributed by atoms with Gasteiger partial charge in [0, 0.05) is 42.0 Å². The van der Waals surface area contributed by atoms with Crippen molar-refractivity contribution >= 4 is 22.8 Å². The molecular formula is C8H21ClN4O2. The second kappa shape index (κ2) is 13.3.